The summed E-state index contributed by atoms with van der Waals surface area (Å²) in [6.45, 7) is 1.86. The molecule has 2 N–H and O–H groups in total. The molecule has 0 spiro atoms. The molecule has 0 atom stereocenters. The quantitative estimate of drug-likeness (QED) is 0.584. The van der Waals surface area contributed by atoms with Crippen LogP contribution in [0.2, 0.25) is 0 Å². The summed E-state index contributed by atoms with van der Waals surface area (Å²) < 4.78 is 0. The number of anilines is 1. The van der Waals surface area contributed by atoms with Gasteiger partial charge in [-0.2, -0.15) is 0 Å². The van der Waals surface area contributed by atoms with E-state index in [1.807, 2.05) is 6.92 Å². The molecule has 0 unspecified atom stereocenters. The van der Waals surface area contributed by atoms with E-state index in [4.69, 9.17) is 5.73 Å². The van der Waals surface area contributed by atoms with E-state index in [2.05, 4.69) is 42.3 Å². The smallest absolute Gasteiger partial charge is 0.158 e. The van der Waals surface area contributed by atoms with Crippen LogP contribution in [0.3, 0.4) is 0 Å². The van der Waals surface area contributed by atoms with Gasteiger partial charge in [-0.25, -0.2) is 9.97 Å². The van der Waals surface area contributed by atoms with Gasteiger partial charge in [-0.15, -0.1) is 0 Å². The number of halogens is 1. The maximum absolute atomic E-state index is 5.54. The summed E-state index contributed by atoms with van der Waals surface area (Å²) in [5, 5.41) is 2.80. The summed E-state index contributed by atoms with van der Waals surface area (Å²) in [5.74, 6) is 3.20. The monoisotopic (exact) mass is 291 g/mol. The summed E-state index contributed by atoms with van der Waals surface area (Å²) in [5.41, 5.74) is 6.92. The van der Waals surface area contributed by atoms with Crippen molar-refractivity contribution in [2.75, 3.05) is 5.73 Å². The normalized spacial score (nSPS) is 8.83. The molecule has 3 nitrogen and oxygen atoms in total. The largest absolute Gasteiger partial charge is 0.381 e. The van der Waals surface area contributed by atoms with Gasteiger partial charge >= 0.3 is 0 Å². The highest BCUT2D eigenvalue weighted by molar-refractivity contribution is 14.2. The second-order valence-electron chi connectivity index (χ2n) is 2.05. The van der Waals surface area contributed by atoms with Gasteiger partial charge in [0.25, 0.3) is 0 Å². The van der Waals surface area contributed by atoms with Crippen molar-refractivity contribution in [3.63, 3.8) is 0 Å². The Morgan fingerprint density at radius 2 is 2.42 bits per heavy atom. The Labute approximate surface area is 87.1 Å². The van der Waals surface area contributed by atoms with Crippen molar-refractivity contribution in [3.8, 4) is 11.2 Å². The van der Waals surface area contributed by atoms with Gasteiger partial charge in [-0.05, 0) is 27.0 Å². The van der Waals surface area contributed by atoms with Crippen LogP contribution in [0, 0.1) is 18.1 Å². The minimum atomic E-state index is 0.388. The first-order valence-corrected chi connectivity index (χ1v) is 6.47. The van der Waals surface area contributed by atoms with Crippen LogP contribution in [0.25, 0.3) is 0 Å². The molecule has 1 aromatic rings. The number of nitrogens with zero attached hydrogens (tertiary/aromatic N) is 2. The number of aryl methyl sites for hydroxylation is 1. The van der Waals surface area contributed by atoms with Crippen molar-refractivity contribution in [1.29, 1.82) is 0 Å². The van der Waals surface area contributed by atoms with E-state index < -0.39 is 0 Å². The van der Waals surface area contributed by atoms with Gasteiger partial charge in [0, 0.05) is 21.2 Å². The first-order chi connectivity index (χ1) is 5.74. The van der Waals surface area contributed by atoms with Crippen LogP contribution < -0.4 is 5.73 Å². The van der Waals surface area contributed by atoms with Gasteiger partial charge in [0.05, 0.1) is 11.9 Å². The fourth-order valence-corrected chi connectivity index (χ4v) is 1.11. The van der Waals surface area contributed by atoms with E-state index >= 15 is 0 Å². The molecule has 0 aromatic carbocycles. The zero-order valence-electron chi connectivity index (χ0n) is 6.34. The first kappa shape index (κ1) is 9.61. The summed E-state index contributed by atoms with van der Waals surface area (Å²) in [6.07, 6.45) is 1.62. The average molecular weight is 291 g/mol. The maximum atomic E-state index is 5.54. The molecule has 12 heavy (non-hydrogen) atoms. The molecule has 0 aliphatic heterocycles. The van der Waals surface area contributed by atoms with Crippen LogP contribution >= 0.6 is 30.1 Å². The predicted octanol–water partition coefficient (Wildman–Crippen LogP) is 1.76. The molecule has 0 aliphatic carbocycles. The minimum Gasteiger partial charge on any atom is -0.381 e. The summed E-state index contributed by atoms with van der Waals surface area (Å²) in [6, 6.07) is 0. The number of hydrogen-bond donors (Lipinski definition) is 1. The van der Waals surface area contributed by atoms with E-state index in [1.165, 1.54) is 8.93 Å². The van der Waals surface area contributed by atoms with Crippen molar-refractivity contribution >= 4 is 36.0 Å². The zero-order valence-corrected chi connectivity index (χ0v) is 9.31. The molecule has 1 aromatic heterocycles. The molecular formula is C7H6IN3S. The Bertz CT molecular complexity index is 342. The molecule has 1 heterocycles. The van der Waals surface area contributed by atoms with Crippen molar-refractivity contribution in [1.82, 2.24) is 9.97 Å². The topological polar surface area (TPSA) is 51.8 Å². The molecule has 0 amide bonds. The molecule has 0 bridgehead atoms. The van der Waals surface area contributed by atoms with Crippen molar-refractivity contribution in [2.24, 2.45) is 0 Å². The molecule has 1 rings (SSSR count). The maximum Gasteiger partial charge on any atom is 0.158 e. The van der Waals surface area contributed by atoms with Crippen molar-refractivity contribution in [3.05, 3.63) is 17.6 Å². The third kappa shape index (κ3) is 2.53. The Morgan fingerprint density at radius 3 is 3.08 bits per heavy atom. The van der Waals surface area contributed by atoms with E-state index in [0.29, 0.717) is 11.5 Å². The number of aromatic nitrogens is 2. The Balaban J connectivity index is 3.05. The van der Waals surface area contributed by atoms with E-state index in [9.17, 15) is 0 Å². The van der Waals surface area contributed by atoms with Gasteiger partial charge in [0.1, 0.15) is 0 Å². The lowest BCUT2D eigenvalue weighted by atomic mass is 10.4. The predicted molar refractivity (Wildman–Crippen MR) is 59.7 cm³/mol. The minimum absolute atomic E-state index is 0.388. The van der Waals surface area contributed by atoms with E-state index in [1.54, 1.807) is 6.20 Å². The summed E-state index contributed by atoms with van der Waals surface area (Å²) >= 11 is 2.09. The molecule has 62 valence electrons. The van der Waals surface area contributed by atoms with Gasteiger partial charge < -0.3 is 5.73 Å². The SMILES string of the molecule is Cc1cnc(N)c(C#CSI)n1. The molecule has 5 heteroatoms. The standard InChI is InChI=1S/C7H6IN3S/c1-5-4-10-7(9)6(11-5)2-3-12-8/h4H,1H3,(H2,9,10). The van der Waals surface area contributed by atoms with E-state index in [0.717, 1.165) is 5.69 Å². The van der Waals surface area contributed by atoms with Gasteiger partial charge in [-0.1, -0.05) is 0 Å². The molecule has 0 saturated heterocycles. The lowest BCUT2D eigenvalue weighted by molar-refractivity contribution is 1.11. The van der Waals surface area contributed by atoms with Crippen LogP contribution in [0.5, 0.6) is 0 Å². The van der Waals surface area contributed by atoms with Crippen LogP contribution in [0.1, 0.15) is 11.4 Å². The molecule has 0 saturated carbocycles. The molecule has 0 aliphatic rings. The number of rotatable bonds is 0. The third-order valence-corrected chi connectivity index (χ3v) is 1.97. The van der Waals surface area contributed by atoms with Gasteiger partial charge in [-0.3, -0.25) is 0 Å². The molecule has 0 radical (unpaired) electrons. The van der Waals surface area contributed by atoms with Crippen LogP contribution in [-0.4, -0.2) is 9.97 Å². The van der Waals surface area contributed by atoms with Gasteiger partial charge in [0.15, 0.2) is 11.5 Å². The summed E-state index contributed by atoms with van der Waals surface area (Å²) in [4.78, 5) is 8.07. The second kappa shape index (κ2) is 4.52. The lowest BCUT2D eigenvalue weighted by Crippen LogP contribution is -1.98. The van der Waals surface area contributed by atoms with E-state index in [-0.39, 0.29) is 0 Å². The highest BCUT2D eigenvalue weighted by Gasteiger charge is 1.97. The fraction of sp³-hybridized carbons (Fsp3) is 0.143. The third-order valence-electron chi connectivity index (χ3n) is 1.13. The fourth-order valence-electron chi connectivity index (χ4n) is 0.646. The number of nitrogen functional groups attached to an aromatic ring is 1. The van der Waals surface area contributed by atoms with Crippen LogP contribution in [0.4, 0.5) is 5.82 Å². The Kier molecular flexibility index (Phi) is 3.62. The number of hydrogen-bond acceptors (Lipinski definition) is 4. The van der Waals surface area contributed by atoms with Gasteiger partial charge in [0.2, 0.25) is 0 Å². The second-order valence-corrected chi connectivity index (χ2v) is 3.73. The van der Waals surface area contributed by atoms with Crippen molar-refractivity contribution < 1.29 is 0 Å². The average Bonchev–Trinajstić information content (AvgIpc) is 2.07. The lowest BCUT2D eigenvalue weighted by Gasteiger charge is -1.96. The highest BCUT2D eigenvalue weighted by Crippen LogP contribution is 2.09. The molecular weight excluding hydrogens is 285 g/mol. The van der Waals surface area contributed by atoms with Crippen LogP contribution in [-0.2, 0) is 0 Å². The Morgan fingerprint density at radius 1 is 1.67 bits per heavy atom. The van der Waals surface area contributed by atoms with Crippen LogP contribution in [0.15, 0.2) is 6.20 Å². The zero-order chi connectivity index (χ0) is 8.97. The van der Waals surface area contributed by atoms with Crippen molar-refractivity contribution in [2.45, 2.75) is 6.92 Å². The Hall–Kier alpha value is -0.480. The number of nitrogens with two attached hydrogens (primary N) is 1. The summed E-state index contributed by atoms with van der Waals surface area (Å²) in [7, 11) is 1.40. The first-order valence-electron chi connectivity index (χ1n) is 3.11. The molecule has 0 fully saturated rings. The highest BCUT2D eigenvalue weighted by atomic mass is 127.